The van der Waals surface area contributed by atoms with E-state index < -0.39 is 6.04 Å². The lowest BCUT2D eigenvalue weighted by atomic mass is 9.99. The Hall–Kier alpha value is -1.85. The predicted molar refractivity (Wildman–Crippen MR) is 97.2 cm³/mol. The Morgan fingerprint density at radius 3 is 2.62 bits per heavy atom. The van der Waals surface area contributed by atoms with E-state index >= 15 is 0 Å². The zero-order valence-corrected chi connectivity index (χ0v) is 14.8. The summed E-state index contributed by atoms with van der Waals surface area (Å²) in [7, 11) is 0. The molecule has 1 amide bonds. The summed E-state index contributed by atoms with van der Waals surface area (Å²) in [6.07, 6.45) is 4.98. The van der Waals surface area contributed by atoms with Crippen LogP contribution in [0.1, 0.15) is 44.9 Å². The Kier molecular flexibility index (Phi) is 6.02. The smallest absolute Gasteiger partial charge is 0.241 e. The normalized spacial score (nSPS) is 16.1. The number of nitrogens with two attached hydrogens (primary N) is 1. The van der Waals surface area contributed by atoms with Crippen LogP contribution in [0.5, 0.6) is 0 Å². The number of carbonyl (C=O) groups is 1. The predicted octanol–water partition coefficient (Wildman–Crippen LogP) is 3.95. The van der Waals surface area contributed by atoms with Gasteiger partial charge in [-0.05, 0) is 43.0 Å². The third-order valence-corrected chi connectivity index (χ3v) is 4.45. The maximum Gasteiger partial charge on any atom is 0.241 e. The standard InChI is InChI=1S/C18H23N3O2.ClH/c1-3-11(2)16(19)17(22)21-14-8-6-12(7-9-14)15-10-20-18(23-15)13-4-5-13;/h6-11,13,16H,3-5,19H2,1-2H3,(H,21,22);1H. The lowest BCUT2D eigenvalue weighted by Gasteiger charge is -2.17. The molecule has 0 aliphatic heterocycles. The van der Waals surface area contributed by atoms with Gasteiger partial charge < -0.3 is 15.5 Å². The SMILES string of the molecule is CCC(C)C(N)C(=O)Nc1ccc(-c2cnc(C3CC3)o2)cc1.Cl. The van der Waals surface area contributed by atoms with Crippen molar-refractivity contribution < 1.29 is 9.21 Å². The van der Waals surface area contributed by atoms with Crippen molar-refractivity contribution in [2.45, 2.75) is 45.1 Å². The molecule has 1 aromatic carbocycles. The quantitative estimate of drug-likeness (QED) is 0.827. The van der Waals surface area contributed by atoms with Crippen LogP contribution in [-0.4, -0.2) is 16.9 Å². The second-order valence-corrected chi connectivity index (χ2v) is 6.31. The fraction of sp³-hybridized carbons (Fsp3) is 0.444. The molecule has 1 aromatic heterocycles. The van der Waals surface area contributed by atoms with Crippen molar-refractivity contribution in [2.75, 3.05) is 5.32 Å². The van der Waals surface area contributed by atoms with Crippen LogP contribution in [-0.2, 0) is 4.79 Å². The maximum atomic E-state index is 12.1. The Bertz CT molecular complexity index is 680. The number of amides is 1. The van der Waals surface area contributed by atoms with Gasteiger partial charge in [0.25, 0.3) is 0 Å². The van der Waals surface area contributed by atoms with Gasteiger partial charge in [0.2, 0.25) is 5.91 Å². The molecular formula is C18H24ClN3O2. The van der Waals surface area contributed by atoms with E-state index in [1.54, 1.807) is 6.20 Å². The Labute approximate surface area is 148 Å². The first kappa shape index (κ1) is 18.5. The molecule has 1 heterocycles. The largest absolute Gasteiger partial charge is 0.440 e. The summed E-state index contributed by atoms with van der Waals surface area (Å²) in [4.78, 5) is 16.4. The fourth-order valence-electron chi connectivity index (χ4n) is 2.40. The number of carbonyl (C=O) groups excluding carboxylic acids is 1. The molecule has 2 atom stereocenters. The number of benzene rings is 1. The first-order valence-corrected chi connectivity index (χ1v) is 8.21. The first-order valence-electron chi connectivity index (χ1n) is 8.21. The molecule has 0 radical (unpaired) electrons. The van der Waals surface area contributed by atoms with Gasteiger partial charge in [0.05, 0.1) is 12.2 Å². The number of oxazole rings is 1. The summed E-state index contributed by atoms with van der Waals surface area (Å²) in [6.45, 7) is 4.01. The molecule has 0 spiro atoms. The average molecular weight is 350 g/mol. The van der Waals surface area contributed by atoms with E-state index in [4.69, 9.17) is 10.2 Å². The molecular weight excluding hydrogens is 326 g/mol. The maximum absolute atomic E-state index is 12.1. The highest BCUT2D eigenvalue weighted by molar-refractivity contribution is 5.95. The fourth-order valence-corrected chi connectivity index (χ4v) is 2.40. The molecule has 3 N–H and O–H groups in total. The van der Waals surface area contributed by atoms with Gasteiger partial charge in [-0.25, -0.2) is 4.98 Å². The van der Waals surface area contributed by atoms with E-state index in [1.807, 2.05) is 38.1 Å². The summed E-state index contributed by atoms with van der Waals surface area (Å²) in [5.74, 6) is 2.11. The molecule has 1 saturated carbocycles. The van der Waals surface area contributed by atoms with E-state index in [-0.39, 0.29) is 24.2 Å². The van der Waals surface area contributed by atoms with Gasteiger partial charge in [-0.3, -0.25) is 4.79 Å². The third kappa shape index (κ3) is 4.16. The highest BCUT2D eigenvalue weighted by atomic mass is 35.5. The van der Waals surface area contributed by atoms with Crippen molar-refractivity contribution in [1.82, 2.24) is 4.98 Å². The van der Waals surface area contributed by atoms with E-state index in [1.165, 1.54) is 12.8 Å². The van der Waals surface area contributed by atoms with Crippen LogP contribution in [0.4, 0.5) is 5.69 Å². The van der Waals surface area contributed by atoms with Gasteiger partial charge in [0.15, 0.2) is 11.7 Å². The lowest BCUT2D eigenvalue weighted by Crippen LogP contribution is -2.40. The van der Waals surface area contributed by atoms with Crippen LogP contribution < -0.4 is 11.1 Å². The molecule has 3 rings (SSSR count). The number of nitrogens with one attached hydrogen (secondary N) is 1. The number of nitrogens with zero attached hydrogens (tertiary/aromatic N) is 1. The number of rotatable bonds is 6. The van der Waals surface area contributed by atoms with E-state index in [9.17, 15) is 4.79 Å². The highest BCUT2D eigenvalue weighted by Gasteiger charge is 2.28. The Morgan fingerprint density at radius 2 is 2.04 bits per heavy atom. The second-order valence-electron chi connectivity index (χ2n) is 6.31. The molecule has 24 heavy (non-hydrogen) atoms. The topological polar surface area (TPSA) is 81.2 Å². The van der Waals surface area contributed by atoms with Gasteiger partial charge in [-0.2, -0.15) is 0 Å². The minimum atomic E-state index is -0.491. The van der Waals surface area contributed by atoms with Gasteiger partial charge in [0.1, 0.15) is 0 Å². The van der Waals surface area contributed by atoms with Crippen LogP contribution in [0.3, 0.4) is 0 Å². The van der Waals surface area contributed by atoms with Crippen LogP contribution in [0.25, 0.3) is 11.3 Å². The zero-order valence-electron chi connectivity index (χ0n) is 14.0. The number of anilines is 1. The zero-order chi connectivity index (χ0) is 16.4. The lowest BCUT2D eigenvalue weighted by molar-refractivity contribution is -0.118. The van der Waals surface area contributed by atoms with Crippen molar-refractivity contribution in [3.63, 3.8) is 0 Å². The van der Waals surface area contributed by atoms with Gasteiger partial charge in [0, 0.05) is 17.2 Å². The summed E-state index contributed by atoms with van der Waals surface area (Å²) in [5, 5.41) is 2.86. The Morgan fingerprint density at radius 1 is 1.38 bits per heavy atom. The van der Waals surface area contributed by atoms with Crippen LogP contribution >= 0.6 is 12.4 Å². The van der Waals surface area contributed by atoms with Gasteiger partial charge >= 0.3 is 0 Å². The molecule has 0 bridgehead atoms. The van der Waals surface area contributed by atoms with E-state index in [0.717, 1.165) is 29.3 Å². The molecule has 130 valence electrons. The second kappa shape index (κ2) is 7.81. The molecule has 6 heteroatoms. The summed E-state index contributed by atoms with van der Waals surface area (Å²) in [5.41, 5.74) is 7.63. The van der Waals surface area contributed by atoms with Crippen LogP contribution in [0.15, 0.2) is 34.9 Å². The summed E-state index contributed by atoms with van der Waals surface area (Å²) < 4.78 is 5.78. The number of aromatic nitrogens is 1. The van der Waals surface area contributed by atoms with Crippen molar-refractivity contribution in [3.8, 4) is 11.3 Å². The van der Waals surface area contributed by atoms with Crippen LogP contribution in [0, 0.1) is 5.92 Å². The van der Waals surface area contributed by atoms with Crippen LogP contribution in [0.2, 0.25) is 0 Å². The Balaban J connectivity index is 0.00000208. The summed E-state index contributed by atoms with van der Waals surface area (Å²) in [6, 6.07) is 7.06. The number of hydrogen-bond acceptors (Lipinski definition) is 4. The number of hydrogen-bond donors (Lipinski definition) is 2. The van der Waals surface area contributed by atoms with E-state index in [0.29, 0.717) is 5.92 Å². The molecule has 5 nitrogen and oxygen atoms in total. The molecule has 1 aliphatic rings. The minimum Gasteiger partial charge on any atom is -0.440 e. The van der Waals surface area contributed by atoms with Crippen molar-refractivity contribution >= 4 is 24.0 Å². The molecule has 2 unspecified atom stereocenters. The molecule has 1 fully saturated rings. The molecule has 1 aliphatic carbocycles. The van der Waals surface area contributed by atoms with Crippen molar-refractivity contribution in [1.29, 1.82) is 0 Å². The van der Waals surface area contributed by atoms with Crippen molar-refractivity contribution in [2.24, 2.45) is 11.7 Å². The molecule has 0 saturated heterocycles. The molecule has 2 aromatic rings. The van der Waals surface area contributed by atoms with E-state index in [2.05, 4.69) is 10.3 Å². The van der Waals surface area contributed by atoms with Gasteiger partial charge in [-0.15, -0.1) is 12.4 Å². The monoisotopic (exact) mass is 349 g/mol. The first-order chi connectivity index (χ1) is 11.1. The minimum absolute atomic E-state index is 0. The number of halogens is 1. The van der Waals surface area contributed by atoms with Crippen molar-refractivity contribution in [3.05, 3.63) is 36.4 Å². The highest BCUT2D eigenvalue weighted by Crippen LogP contribution is 2.40. The third-order valence-electron chi connectivity index (χ3n) is 4.45. The van der Waals surface area contributed by atoms with Gasteiger partial charge in [-0.1, -0.05) is 20.3 Å². The summed E-state index contributed by atoms with van der Waals surface area (Å²) >= 11 is 0. The average Bonchev–Trinajstić information content (AvgIpc) is 3.31.